The maximum atomic E-state index is 12.5. The average molecular weight is 897 g/mol. The maximum absolute atomic E-state index is 12.5. The van der Waals surface area contributed by atoms with Gasteiger partial charge < -0.3 is 15.5 Å². The summed E-state index contributed by atoms with van der Waals surface area (Å²) in [7, 11) is 0. The Morgan fingerprint density at radius 1 is 0.391 bits per heavy atom. The van der Waals surface area contributed by atoms with Crippen molar-refractivity contribution in [1.82, 2.24) is 5.32 Å². The van der Waals surface area contributed by atoms with Crippen LogP contribution in [0.2, 0.25) is 0 Å². The number of aliphatic hydroxyl groups excluding tert-OH is 2. The van der Waals surface area contributed by atoms with Crippen molar-refractivity contribution in [2.45, 2.75) is 321 Å². The van der Waals surface area contributed by atoms with Crippen molar-refractivity contribution in [3.05, 3.63) is 48.6 Å². The standard InChI is InChI=1S/C60H113NO3/c1-3-5-7-9-11-13-15-17-19-21-23-25-27-29-30-32-33-35-37-39-41-43-45-47-49-51-53-55-59(63)58(57-62)61-60(64)56-54-52-50-48-46-44-42-40-38-36-34-31-28-26-24-22-20-18-16-14-12-10-8-6-4-2/h6,8,12,14,18,20,24,26,58-59,62-63H,3-5,7,9-11,13,15-17,19,21-23,25,27-57H2,1-2H3,(H,61,64)/b8-6-,14-12-,20-18-,26-24-. The Bertz CT molecular complexity index is 1020. The molecule has 0 aliphatic heterocycles. The van der Waals surface area contributed by atoms with Gasteiger partial charge in [-0.15, -0.1) is 0 Å². The highest BCUT2D eigenvalue weighted by molar-refractivity contribution is 5.76. The second-order valence-electron chi connectivity index (χ2n) is 19.7. The van der Waals surface area contributed by atoms with E-state index in [0.717, 1.165) is 51.4 Å². The summed E-state index contributed by atoms with van der Waals surface area (Å²) in [6, 6.07) is -0.540. The molecule has 2 atom stereocenters. The number of rotatable bonds is 53. The smallest absolute Gasteiger partial charge is 0.220 e. The number of aliphatic hydroxyl groups is 2. The Morgan fingerprint density at radius 2 is 0.688 bits per heavy atom. The van der Waals surface area contributed by atoms with Crippen LogP contribution in [-0.2, 0) is 4.79 Å². The van der Waals surface area contributed by atoms with E-state index in [1.807, 2.05) is 0 Å². The molecule has 0 bridgehead atoms. The van der Waals surface area contributed by atoms with E-state index >= 15 is 0 Å². The molecule has 0 aliphatic rings. The van der Waals surface area contributed by atoms with Crippen LogP contribution in [0.4, 0.5) is 0 Å². The van der Waals surface area contributed by atoms with Crippen molar-refractivity contribution in [2.24, 2.45) is 0 Å². The third-order valence-corrected chi connectivity index (χ3v) is 13.4. The van der Waals surface area contributed by atoms with E-state index in [2.05, 4.69) is 67.8 Å². The van der Waals surface area contributed by atoms with E-state index in [4.69, 9.17) is 0 Å². The Balaban J connectivity index is 3.45. The molecule has 64 heavy (non-hydrogen) atoms. The van der Waals surface area contributed by atoms with E-state index in [-0.39, 0.29) is 12.5 Å². The van der Waals surface area contributed by atoms with Gasteiger partial charge in [-0.1, -0.05) is 300 Å². The van der Waals surface area contributed by atoms with Gasteiger partial charge >= 0.3 is 0 Å². The fourth-order valence-corrected chi connectivity index (χ4v) is 9.00. The van der Waals surface area contributed by atoms with E-state index in [9.17, 15) is 15.0 Å². The molecule has 0 rings (SSSR count). The van der Waals surface area contributed by atoms with Crippen LogP contribution < -0.4 is 5.32 Å². The highest BCUT2D eigenvalue weighted by Crippen LogP contribution is 2.18. The lowest BCUT2D eigenvalue weighted by Gasteiger charge is -2.22. The third-order valence-electron chi connectivity index (χ3n) is 13.4. The van der Waals surface area contributed by atoms with Crippen LogP contribution in [0.15, 0.2) is 48.6 Å². The Labute approximate surface area is 401 Å². The highest BCUT2D eigenvalue weighted by atomic mass is 16.3. The molecule has 0 aromatic rings. The van der Waals surface area contributed by atoms with Crippen molar-refractivity contribution >= 4 is 5.91 Å². The van der Waals surface area contributed by atoms with Crippen LogP contribution in [0, 0.1) is 0 Å². The van der Waals surface area contributed by atoms with Crippen molar-refractivity contribution in [2.75, 3.05) is 6.61 Å². The first kappa shape index (κ1) is 62.4. The topological polar surface area (TPSA) is 69.6 Å². The molecular weight excluding hydrogens is 783 g/mol. The van der Waals surface area contributed by atoms with Gasteiger partial charge in [0.05, 0.1) is 18.8 Å². The molecule has 0 heterocycles. The molecule has 376 valence electrons. The minimum atomic E-state index is -0.663. The van der Waals surface area contributed by atoms with Crippen LogP contribution in [0.5, 0.6) is 0 Å². The largest absolute Gasteiger partial charge is 0.394 e. The molecule has 0 saturated carbocycles. The molecule has 0 fully saturated rings. The zero-order valence-corrected chi connectivity index (χ0v) is 43.3. The van der Waals surface area contributed by atoms with E-state index in [0.29, 0.717) is 12.8 Å². The van der Waals surface area contributed by atoms with Crippen LogP contribution >= 0.6 is 0 Å². The minimum absolute atomic E-state index is 0.0308. The fourth-order valence-electron chi connectivity index (χ4n) is 9.00. The number of carbonyl (C=O) groups is 1. The summed E-state index contributed by atoms with van der Waals surface area (Å²) in [5.41, 5.74) is 0. The summed E-state index contributed by atoms with van der Waals surface area (Å²) in [6.45, 7) is 4.28. The second-order valence-corrected chi connectivity index (χ2v) is 19.7. The third kappa shape index (κ3) is 51.3. The molecule has 0 radical (unpaired) electrons. The zero-order valence-electron chi connectivity index (χ0n) is 43.3. The minimum Gasteiger partial charge on any atom is -0.394 e. The van der Waals surface area contributed by atoms with Crippen LogP contribution in [0.3, 0.4) is 0 Å². The quantitative estimate of drug-likeness (QED) is 0.0421. The van der Waals surface area contributed by atoms with Crippen molar-refractivity contribution < 1.29 is 15.0 Å². The van der Waals surface area contributed by atoms with Crippen LogP contribution in [0.25, 0.3) is 0 Å². The molecule has 0 aliphatic carbocycles. The number of amides is 1. The molecule has 2 unspecified atom stereocenters. The predicted octanol–water partition coefficient (Wildman–Crippen LogP) is 19.0. The number of unbranched alkanes of at least 4 members (excludes halogenated alkanes) is 38. The monoisotopic (exact) mass is 896 g/mol. The molecular formula is C60H113NO3. The summed E-state index contributed by atoms with van der Waals surface area (Å²) in [5, 5.41) is 23.4. The van der Waals surface area contributed by atoms with E-state index in [1.165, 1.54) is 231 Å². The summed E-state index contributed by atoms with van der Waals surface area (Å²) in [4.78, 5) is 12.5. The molecule has 1 amide bonds. The number of hydrogen-bond acceptors (Lipinski definition) is 3. The van der Waals surface area contributed by atoms with Gasteiger partial charge in [0.1, 0.15) is 0 Å². The summed E-state index contributed by atoms with van der Waals surface area (Å²) in [5.74, 6) is -0.0308. The van der Waals surface area contributed by atoms with Gasteiger partial charge in [0.2, 0.25) is 5.91 Å². The molecule has 0 aromatic heterocycles. The molecule has 4 heteroatoms. The Kier molecular flexibility index (Phi) is 54.2. The normalized spacial score (nSPS) is 13.1. The number of nitrogens with one attached hydrogen (secondary N) is 1. The van der Waals surface area contributed by atoms with Crippen LogP contribution in [-0.4, -0.2) is 34.9 Å². The predicted molar refractivity (Wildman–Crippen MR) is 285 cm³/mol. The van der Waals surface area contributed by atoms with Crippen molar-refractivity contribution in [3.8, 4) is 0 Å². The van der Waals surface area contributed by atoms with Gasteiger partial charge in [0.15, 0.2) is 0 Å². The number of carbonyl (C=O) groups excluding carboxylic acids is 1. The molecule has 0 spiro atoms. The van der Waals surface area contributed by atoms with Gasteiger partial charge in [-0.2, -0.15) is 0 Å². The first-order valence-electron chi connectivity index (χ1n) is 28.8. The van der Waals surface area contributed by atoms with Gasteiger partial charge in [-0.05, 0) is 51.4 Å². The van der Waals surface area contributed by atoms with Gasteiger partial charge in [-0.25, -0.2) is 0 Å². The lowest BCUT2D eigenvalue weighted by molar-refractivity contribution is -0.123. The summed E-state index contributed by atoms with van der Waals surface area (Å²) >= 11 is 0. The Morgan fingerprint density at radius 3 is 1.03 bits per heavy atom. The number of allylic oxidation sites excluding steroid dienone is 8. The average Bonchev–Trinajstić information content (AvgIpc) is 3.30. The summed E-state index contributed by atoms with van der Waals surface area (Å²) in [6.07, 6.45) is 76.8. The number of hydrogen-bond donors (Lipinski definition) is 3. The fraction of sp³-hybridized carbons (Fsp3) is 0.850. The second kappa shape index (κ2) is 55.7. The van der Waals surface area contributed by atoms with E-state index < -0.39 is 12.1 Å². The van der Waals surface area contributed by atoms with Crippen molar-refractivity contribution in [3.63, 3.8) is 0 Å². The molecule has 3 N–H and O–H groups in total. The highest BCUT2D eigenvalue weighted by Gasteiger charge is 2.20. The summed E-state index contributed by atoms with van der Waals surface area (Å²) < 4.78 is 0. The zero-order chi connectivity index (χ0) is 46.3. The van der Waals surface area contributed by atoms with Gasteiger partial charge in [0, 0.05) is 6.42 Å². The lowest BCUT2D eigenvalue weighted by atomic mass is 10.0. The molecule has 4 nitrogen and oxygen atoms in total. The first-order valence-corrected chi connectivity index (χ1v) is 28.8. The molecule has 0 saturated heterocycles. The lowest BCUT2D eigenvalue weighted by Crippen LogP contribution is -2.45. The maximum Gasteiger partial charge on any atom is 0.220 e. The molecule has 0 aromatic carbocycles. The van der Waals surface area contributed by atoms with Crippen molar-refractivity contribution in [1.29, 1.82) is 0 Å². The Hall–Kier alpha value is -1.65. The van der Waals surface area contributed by atoms with Gasteiger partial charge in [0.25, 0.3) is 0 Å². The van der Waals surface area contributed by atoms with Crippen LogP contribution in [0.1, 0.15) is 309 Å². The van der Waals surface area contributed by atoms with Gasteiger partial charge in [-0.3, -0.25) is 4.79 Å². The van der Waals surface area contributed by atoms with E-state index in [1.54, 1.807) is 0 Å². The first-order chi connectivity index (χ1) is 31.7. The SMILES string of the molecule is CC/C=C\C/C=C\C/C=C\C/C=C\CCCCCCCCCCCCCCC(=O)NC(CO)C(O)CCCCCCCCCCCCCCCCCCCCCCCCCCCCC.